The largest absolute Gasteiger partial charge is 0.313 e. The highest BCUT2D eigenvalue weighted by atomic mass is 32.2. The van der Waals surface area contributed by atoms with E-state index in [1.54, 1.807) is 8.61 Å². The van der Waals surface area contributed by atoms with Crippen molar-refractivity contribution in [3.63, 3.8) is 0 Å². The highest BCUT2D eigenvalue weighted by Gasteiger charge is 2.35. The minimum absolute atomic E-state index is 0.325. The molecule has 0 radical (unpaired) electrons. The fourth-order valence-electron chi connectivity index (χ4n) is 3.67. The normalized spacial score (nSPS) is 31.9. The zero-order valence-electron chi connectivity index (χ0n) is 13.7. The summed E-state index contributed by atoms with van der Waals surface area (Å²) in [7, 11) is -3.31. The second-order valence-corrected chi connectivity index (χ2v) is 8.85. The van der Waals surface area contributed by atoms with Crippen molar-refractivity contribution in [1.82, 2.24) is 13.9 Å². The van der Waals surface area contributed by atoms with Crippen LogP contribution in [0.5, 0.6) is 0 Å². The Labute approximate surface area is 130 Å². The third kappa shape index (κ3) is 4.41. The first-order valence-corrected chi connectivity index (χ1v) is 9.81. The highest BCUT2D eigenvalue weighted by Crippen LogP contribution is 2.25. The fraction of sp³-hybridized carbons (Fsp3) is 1.00. The molecule has 5 nitrogen and oxygen atoms in total. The summed E-state index contributed by atoms with van der Waals surface area (Å²) >= 11 is 0. The smallest absolute Gasteiger partial charge is 0.282 e. The van der Waals surface area contributed by atoms with Crippen molar-refractivity contribution in [2.45, 2.75) is 52.5 Å². The second-order valence-electron chi connectivity index (χ2n) is 6.92. The lowest BCUT2D eigenvalue weighted by molar-refractivity contribution is 0.206. The molecule has 0 spiro atoms. The zero-order chi connectivity index (χ0) is 15.5. The third-order valence-electron chi connectivity index (χ3n) is 4.55. The quantitative estimate of drug-likeness (QED) is 0.811. The van der Waals surface area contributed by atoms with Crippen LogP contribution in [-0.2, 0) is 10.2 Å². The Balaban J connectivity index is 2.08. The van der Waals surface area contributed by atoms with Crippen molar-refractivity contribution in [2.75, 3.05) is 32.7 Å². The molecule has 0 amide bonds. The zero-order valence-corrected chi connectivity index (χ0v) is 14.5. The van der Waals surface area contributed by atoms with Crippen molar-refractivity contribution in [3.8, 4) is 0 Å². The summed E-state index contributed by atoms with van der Waals surface area (Å²) in [5, 5.41) is 3.41. The third-order valence-corrected chi connectivity index (χ3v) is 6.48. The first-order valence-electron chi connectivity index (χ1n) is 8.42. The Morgan fingerprint density at radius 3 is 2.43 bits per heavy atom. The summed E-state index contributed by atoms with van der Waals surface area (Å²) in [6.45, 7) is 9.96. The molecule has 6 heteroatoms. The van der Waals surface area contributed by atoms with Crippen LogP contribution < -0.4 is 5.32 Å². The molecule has 0 aromatic heterocycles. The lowest BCUT2D eigenvalue weighted by atomic mass is 9.94. The molecule has 2 heterocycles. The highest BCUT2D eigenvalue weighted by molar-refractivity contribution is 7.86. The van der Waals surface area contributed by atoms with Gasteiger partial charge < -0.3 is 5.32 Å². The second kappa shape index (κ2) is 7.40. The van der Waals surface area contributed by atoms with Gasteiger partial charge in [-0.2, -0.15) is 17.0 Å². The summed E-state index contributed by atoms with van der Waals surface area (Å²) < 4.78 is 29.4. The van der Waals surface area contributed by atoms with Gasteiger partial charge in [0.2, 0.25) is 0 Å². The van der Waals surface area contributed by atoms with Gasteiger partial charge in [0, 0.05) is 32.2 Å². The SMILES string of the molecule is CCCN(CC1CCCN1)S(=O)(=O)N1CC(C)CC(C)C1. The maximum atomic E-state index is 13.0. The maximum Gasteiger partial charge on any atom is 0.282 e. The molecule has 21 heavy (non-hydrogen) atoms. The standard InChI is InChI=1S/C15H31N3O2S/c1-4-8-17(12-15-6-5-7-16-15)21(19,20)18-10-13(2)9-14(3)11-18/h13-16H,4-12H2,1-3H3. The molecule has 2 fully saturated rings. The monoisotopic (exact) mass is 317 g/mol. The average molecular weight is 317 g/mol. The minimum Gasteiger partial charge on any atom is -0.313 e. The van der Waals surface area contributed by atoms with Gasteiger partial charge >= 0.3 is 0 Å². The summed E-state index contributed by atoms with van der Waals surface area (Å²) in [4.78, 5) is 0. The summed E-state index contributed by atoms with van der Waals surface area (Å²) in [6, 6.07) is 0.325. The van der Waals surface area contributed by atoms with Crippen LogP contribution in [0.15, 0.2) is 0 Å². The Morgan fingerprint density at radius 1 is 1.24 bits per heavy atom. The van der Waals surface area contributed by atoms with Gasteiger partial charge in [0.1, 0.15) is 0 Å². The van der Waals surface area contributed by atoms with Gasteiger partial charge in [-0.05, 0) is 44.1 Å². The molecule has 2 rings (SSSR count). The van der Waals surface area contributed by atoms with Crippen LogP contribution in [0.3, 0.4) is 0 Å². The average Bonchev–Trinajstić information content (AvgIpc) is 2.90. The van der Waals surface area contributed by atoms with E-state index >= 15 is 0 Å². The Hall–Kier alpha value is -0.170. The van der Waals surface area contributed by atoms with Gasteiger partial charge in [-0.25, -0.2) is 0 Å². The maximum absolute atomic E-state index is 13.0. The van der Waals surface area contributed by atoms with E-state index in [0.717, 1.165) is 32.2 Å². The Morgan fingerprint density at radius 2 is 1.90 bits per heavy atom. The van der Waals surface area contributed by atoms with E-state index in [0.29, 0.717) is 44.1 Å². The first-order chi connectivity index (χ1) is 9.93. The fourth-order valence-corrected chi connectivity index (χ4v) is 5.66. The number of rotatable bonds is 6. The van der Waals surface area contributed by atoms with Gasteiger partial charge in [-0.15, -0.1) is 0 Å². The van der Waals surface area contributed by atoms with Gasteiger partial charge in [0.05, 0.1) is 0 Å². The molecular weight excluding hydrogens is 286 g/mol. The minimum atomic E-state index is -3.31. The van der Waals surface area contributed by atoms with E-state index in [-0.39, 0.29) is 0 Å². The molecule has 3 unspecified atom stereocenters. The molecule has 0 aromatic carbocycles. The van der Waals surface area contributed by atoms with Crippen LogP contribution >= 0.6 is 0 Å². The topological polar surface area (TPSA) is 52.7 Å². The Bertz CT molecular complexity index is 411. The van der Waals surface area contributed by atoms with Crippen molar-refractivity contribution >= 4 is 10.2 Å². The van der Waals surface area contributed by atoms with Crippen LogP contribution in [0.1, 0.15) is 46.5 Å². The number of piperidine rings is 1. The van der Waals surface area contributed by atoms with Crippen LogP contribution in [-0.4, -0.2) is 55.8 Å². The van der Waals surface area contributed by atoms with E-state index in [9.17, 15) is 8.42 Å². The van der Waals surface area contributed by atoms with Crippen LogP contribution in [0.25, 0.3) is 0 Å². The van der Waals surface area contributed by atoms with Crippen molar-refractivity contribution in [2.24, 2.45) is 11.8 Å². The van der Waals surface area contributed by atoms with Crippen molar-refractivity contribution < 1.29 is 8.42 Å². The molecule has 0 aromatic rings. The summed E-state index contributed by atoms with van der Waals surface area (Å²) in [5.41, 5.74) is 0. The van der Waals surface area contributed by atoms with E-state index < -0.39 is 10.2 Å². The van der Waals surface area contributed by atoms with Gasteiger partial charge in [-0.1, -0.05) is 20.8 Å². The molecule has 2 aliphatic rings. The molecule has 1 N–H and O–H groups in total. The molecule has 0 aliphatic carbocycles. The lowest BCUT2D eigenvalue weighted by Crippen LogP contribution is -2.52. The Kier molecular flexibility index (Phi) is 6.05. The number of nitrogens with one attached hydrogen (secondary N) is 1. The number of hydrogen-bond acceptors (Lipinski definition) is 3. The molecular formula is C15H31N3O2S. The number of nitrogens with zero attached hydrogens (tertiary/aromatic N) is 2. The molecule has 124 valence electrons. The van der Waals surface area contributed by atoms with E-state index in [4.69, 9.17) is 0 Å². The van der Waals surface area contributed by atoms with E-state index in [1.807, 2.05) is 6.92 Å². The van der Waals surface area contributed by atoms with Gasteiger partial charge in [0.25, 0.3) is 10.2 Å². The van der Waals surface area contributed by atoms with E-state index in [2.05, 4.69) is 19.2 Å². The van der Waals surface area contributed by atoms with Gasteiger partial charge in [-0.3, -0.25) is 0 Å². The van der Waals surface area contributed by atoms with Crippen LogP contribution in [0.4, 0.5) is 0 Å². The van der Waals surface area contributed by atoms with E-state index in [1.165, 1.54) is 0 Å². The lowest BCUT2D eigenvalue weighted by Gasteiger charge is -2.37. The predicted molar refractivity (Wildman–Crippen MR) is 86.3 cm³/mol. The summed E-state index contributed by atoms with van der Waals surface area (Å²) in [5.74, 6) is 0.910. The molecule has 3 atom stereocenters. The first kappa shape index (κ1) is 17.2. The number of hydrogen-bond donors (Lipinski definition) is 1. The van der Waals surface area contributed by atoms with Crippen molar-refractivity contribution in [3.05, 3.63) is 0 Å². The van der Waals surface area contributed by atoms with Crippen LogP contribution in [0, 0.1) is 11.8 Å². The molecule has 2 aliphatic heterocycles. The molecule has 2 saturated heterocycles. The predicted octanol–water partition coefficient (Wildman–Crippen LogP) is 1.67. The van der Waals surface area contributed by atoms with Crippen molar-refractivity contribution in [1.29, 1.82) is 0 Å². The molecule has 0 bridgehead atoms. The van der Waals surface area contributed by atoms with Gasteiger partial charge in [0.15, 0.2) is 0 Å². The van der Waals surface area contributed by atoms with Crippen LogP contribution in [0.2, 0.25) is 0 Å². The molecule has 0 saturated carbocycles. The summed E-state index contributed by atoms with van der Waals surface area (Å²) in [6.07, 6.45) is 4.24.